The maximum Gasteiger partial charge on any atom is 0.270 e. The Bertz CT molecular complexity index is 1330. The first kappa shape index (κ1) is 20.3. The maximum atomic E-state index is 11.1. The van der Waals surface area contributed by atoms with E-state index in [0.717, 1.165) is 16.8 Å². The van der Waals surface area contributed by atoms with Gasteiger partial charge < -0.3 is 0 Å². The molecule has 0 aliphatic carbocycles. The number of nitrogens with zero attached hydrogens (tertiary/aromatic N) is 5. The number of rotatable bonds is 5. The minimum Gasteiger partial charge on any atom is -0.270 e. The Morgan fingerprint density at radius 3 is 2.45 bits per heavy atom. The SMILES string of the molecule is Cc1ccc(-n2c(Sc3ccc([N+](=O)[O-])cc3C#N)nnc2-c2ccccc2)cc1C. The van der Waals surface area contributed by atoms with E-state index in [1.54, 1.807) is 6.07 Å². The standard InChI is InChI=1S/C23H17N5O2S/c1-15-8-9-19(12-16(15)2)27-22(17-6-4-3-5-7-17)25-26-23(27)31-21-11-10-20(28(29)30)13-18(21)14-24/h3-13H,1-2H3. The fourth-order valence-corrected chi connectivity index (χ4v) is 4.03. The Balaban J connectivity index is 1.86. The second-order valence-electron chi connectivity index (χ2n) is 6.93. The Hall–Kier alpha value is -3.96. The Labute approximate surface area is 183 Å². The molecule has 0 atom stereocenters. The van der Waals surface area contributed by atoms with Crippen molar-refractivity contribution in [3.8, 4) is 23.1 Å². The van der Waals surface area contributed by atoms with Crippen molar-refractivity contribution >= 4 is 17.4 Å². The topological polar surface area (TPSA) is 97.6 Å². The third-order valence-electron chi connectivity index (χ3n) is 4.91. The van der Waals surface area contributed by atoms with Crippen LogP contribution in [-0.4, -0.2) is 19.7 Å². The monoisotopic (exact) mass is 427 g/mol. The summed E-state index contributed by atoms with van der Waals surface area (Å²) in [6, 6.07) is 22.1. The molecule has 1 heterocycles. The van der Waals surface area contributed by atoms with Gasteiger partial charge in [0.2, 0.25) is 5.16 Å². The highest BCUT2D eigenvalue weighted by Gasteiger charge is 2.19. The van der Waals surface area contributed by atoms with Crippen molar-refractivity contribution in [2.75, 3.05) is 0 Å². The third kappa shape index (κ3) is 4.04. The molecule has 0 saturated heterocycles. The predicted octanol–water partition coefficient (Wildman–Crippen LogP) is 5.48. The first-order valence-electron chi connectivity index (χ1n) is 9.43. The van der Waals surface area contributed by atoms with Gasteiger partial charge in [-0.15, -0.1) is 10.2 Å². The molecule has 4 rings (SSSR count). The zero-order valence-electron chi connectivity index (χ0n) is 16.8. The lowest BCUT2D eigenvalue weighted by molar-refractivity contribution is -0.384. The van der Waals surface area contributed by atoms with Gasteiger partial charge in [-0.05, 0) is 54.9 Å². The van der Waals surface area contributed by atoms with Crippen LogP contribution >= 0.6 is 11.8 Å². The van der Waals surface area contributed by atoms with Gasteiger partial charge in [-0.3, -0.25) is 14.7 Å². The number of hydrogen-bond acceptors (Lipinski definition) is 6. The van der Waals surface area contributed by atoms with E-state index in [0.29, 0.717) is 15.9 Å². The van der Waals surface area contributed by atoms with E-state index >= 15 is 0 Å². The smallest absolute Gasteiger partial charge is 0.270 e. The fourth-order valence-electron chi connectivity index (χ4n) is 3.11. The molecule has 4 aromatic rings. The van der Waals surface area contributed by atoms with Crippen molar-refractivity contribution in [1.82, 2.24) is 14.8 Å². The van der Waals surface area contributed by atoms with Crippen LogP contribution in [0.2, 0.25) is 0 Å². The van der Waals surface area contributed by atoms with Crippen LogP contribution in [0.5, 0.6) is 0 Å². The quantitative estimate of drug-likeness (QED) is 0.309. The molecule has 0 unspecified atom stereocenters. The lowest BCUT2D eigenvalue weighted by atomic mass is 10.1. The summed E-state index contributed by atoms with van der Waals surface area (Å²) < 4.78 is 1.94. The van der Waals surface area contributed by atoms with Crippen LogP contribution in [0.3, 0.4) is 0 Å². The largest absolute Gasteiger partial charge is 0.270 e. The Morgan fingerprint density at radius 2 is 1.77 bits per heavy atom. The summed E-state index contributed by atoms with van der Waals surface area (Å²) in [6.07, 6.45) is 0. The zero-order chi connectivity index (χ0) is 22.0. The molecular formula is C23H17N5O2S. The number of nitro benzene ring substituents is 1. The van der Waals surface area contributed by atoms with Gasteiger partial charge in [-0.25, -0.2) is 0 Å². The molecule has 31 heavy (non-hydrogen) atoms. The summed E-state index contributed by atoms with van der Waals surface area (Å²) in [5.74, 6) is 0.673. The lowest BCUT2D eigenvalue weighted by Crippen LogP contribution is -2.01. The maximum absolute atomic E-state index is 11.1. The molecule has 0 aliphatic heterocycles. The van der Waals surface area contributed by atoms with E-state index in [-0.39, 0.29) is 11.3 Å². The average molecular weight is 427 g/mol. The van der Waals surface area contributed by atoms with Gasteiger partial charge in [-0.1, -0.05) is 36.4 Å². The number of aryl methyl sites for hydroxylation is 2. The third-order valence-corrected chi connectivity index (χ3v) is 5.93. The van der Waals surface area contributed by atoms with Gasteiger partial charge in [0.05, 0.1) is 16.2 Å². The molecule has 0 amide bonds. The molecule has 0 N–H and O–H groups in total. The molecule has 0 aliphatic rings. The molecule has 0 radical (unpaired) electrons. The van der Waals surface area contributed by atoms with Crippen LogP contribution in [0.4, 0.5) is 5.69 Å². The van der Waals surface area contributed by atoms with Crippen LogP contribution in [0.15, 0.2) is 76.8 Å². The van der Waals surface area contributed by atoms with Crippen LogP contribution in [-0.2, 0) is 0 Å². The highest BCUT2D eigenvalue weighted by atomic mass is 32.2. The predicted molar refractivity (Wildman–Crippen MR) is 118 cm³/mol. The van der Waals surface area contributed by atoms with Crippen molar-refractivity contribution in [2.24, 2.45) is 0 Å². The number of non-ortho nitro benzene ring substituents is 1. The number of benzene rings is 3. The average Bonchev–Trinajstić information content (AvgIpc) is 3.20. The first-order chi connectivity index (χ1) is 15.0. The van der Waals surface area contributed by atoms with E-state index < -0.39 is 4.92 Å². The molecular weight excluding hydrogens is 410 g/mol. The van der Waals surface area contributed by atoms with Crippen LogP contribution in [0.25, 0.3) is 17.1 Å². The first-order valence-corrected chi connectivity index (χ1v) is 10.2. The summed E-state index contributed by atoms with van der Waals surface area (Å²) in [5.41, 5.74) is 4.21. The number of aromatic nitrogens is 3. The highest BCUT2D eigenvalue weighted by Crippen LogP contribution is 2.35. The summed E-state index contributed by atoms with van der Waals surface area (Å²) in [5, 5.41) is 29.9. The van der Waals surface area contributed by atoms with Crippen LogP contribution in [0.1, 0.15) is 16.7 Å². The molecule has 0 fully saturated rings. The molecule has 0 bridgehead atoms. The molecule has 3 aromatic carbocycles. The van der Waals surface area contributed by atoms with E-state index in [2.05, 4.69) is 23.2 Å². The van der Waals surface area contributed by atoms with Crippen molar-refractivity contribution < 1.29 is 4.92 Å². The van der Waals surface area contributed by atoms with Crippen molar-refractivity contribution in [1.29, 1.82) is 5.26 Å². The normalized spacial score (nSPS) is 10.6. The number of nitro groups is 1. The Kier molecular flexibility index (Phi) is 5.52. The fraction of sp³-hybridized carbons (Fsp3) is 0.0870. The van der Waals surface area contributed by atoms with E-state index in [9.17, 15) is 15.4 Å². The van der Waals surface area contributed by atoms with Gasteiger partial charge in [0.1, 0.15) is 6.07 Å². The zero-order valence-corrected chi connectivity index (χ0v) is 17.6. The molecule has 1 aromatic heterocycles. The van der Waals surface area contributed by atoms with Crippen molar-refractivity contribution in [3.05, 3.63) is 93.5 Å². The molecule has 0 spiro atoms. The second kappa shape index (κ2) is 8.42. The van der Waals surface area contributed by atoms with Gasteiger partial charge in [0, 0.05) is 22.6 Å². The highest BCUT2D eigenvalue weighted by molar-refractivity contribution is 7.99. The molecule has 152 valence electrons. The minimum absolute atomic E-state index is 0.124. The summed E-state index contributed by atoms with van der Waals surface area (Å²) in [6.45, 7) is 4.09. The molecule has 0 saturated carbocycles. The van der Waals surface area contributed by atoms with Crippen molar-refractivity contribution in [2.45, 2.75) is 23.9 Å². The van der Waals surface area contributed by atoms with Crippen LogP contribution in [0, 0.1) is 35.3 Å². The van der Waals surface area contributed by atoms with E-state index in [1.807, 2.05) is 60.0 Å². The molecule has 7 nitrogen and oxygen atoms in total. The van der Waals surface area contributed by atoms with Gasteiger partial charge >= 0.3 is 0 Å². The number of nitriles is 1. The van der Waals surface area contributed by atoms with Crippen molar-refractivity contribution in [3.63, 3.8) is 0 Å². The molecule has 8 heteroatoms. The second-order valence-corrected chi connectivity index (χ2v) is 7.94. The number of hydrogen-bond donors (Lipinski definition) is 0. The summed E-state index contributed by atoms with van der Waals surface area (Å²) in [7, 11) is 0. The van der Waals surface area contributed by atoms with Crippen LogP contribution < -0.4 is 0 Å². The summed E-state index contributed by atoms with van der Waals surface area (Å²) >= 11 is 1.25. The van der Waals surface area contributed by atoms with E-state index in [4.69, 9.17) is 0 Å². The summed E-state index contributed by atoms with van der Waals surface area (Å²) in [4.78, 5) is 11.1. The Morgan fingerprint density at radius 1 is 1.00 bits per heavy atom. The lowest BCUT2D eigenvalue weighted by Gasteiger charge is -2.12. The minimum atomic E-state index is -0.514. The van der Waals surface area contributed by atoms with Gasteiger partial charge in [0.25, 0.3) is 5.69 Å². The van der Waals surface area contributed by atoms with Gasteiger partial charge in [0.15, 0.2) is 5.82 Å². The van der Waals surface area contributed by atoms with Gasteiger partial charge in [-0.2, -0.15) is 5.26 Å². The van der Waals surface area contributed by atoms with E-state index in [1.165, 1.54) is 29.5 Å².